The average molecular weight is 447 g/mol. The molecule has 158 valence electrons. The van der Waals surface area contributed by atoms with Crippen LogP contribution in [-0.2, 0) is 16.0 Å². The van der Waals surface area contributed by atoms with Crippen molar-refractivity contribution < 1.29 is 42.4 Å². The number of carbonyl (C=O) groups is 1. The van der Waals surface area contributed by atoms with E-state index in [-0.39, 0.29) is 39.2 Å². The lowest BCUT2D eigenvalue weighted by Gasteiger charge is -2.10. The van der Waals surface area contributed by atoms with Crippen molar-refractivity contribution in [3.8, 4) is 11.5 Å². The summed E-state index contributed by atoms with van der Waals surface area (Å²) in [4.78, 5) is 19.1. The van der Waals surface area contributed by atoms with Crippen LogP contribution in [0.1, 0.15) is 16.8 Å². The number of aromatic nitrogens is 2. The van der Waals surface area contributed by atoms with Gasteiger partial charge in [0.2, 0.25) is 11.5 Å². The normalized spacial score (nSPS) is 11.1. The summed E-state index contributed by atoms with van der Waals surface area (Å²) in [6.45, 7) is 0. The van der Waals surface area contributed by atoms with Crippen LogP contribution in [0.25, 0.3) is 17.0 Å². The minimum atomic E-state index is -0.827. The number of hydrogen-bond acceptors (Lipinski definition) is 6. The molecular formula is C18H11ClF4N2O5. The summed E-state index contributed by atoms with van der Waals surface area (Å²) in [5.41, 5.74) is -0.525. The van der Waals surface area contributed by atoms with Crippen molar-refractivity contribution >= 4 is 34.5 Å². The number of benzene rings is 2. The molecule has 12 heteroatoms. The summed E-state index contributed by atoms with van der Waals surface area (Å²) in [7, 11) is 1.11. The highest BCUT2D eigenvalue weighted by Gasteiger charge is 2.26. The van der Waals surface area contributed by atoms with E-state index >= 15 is 0 Å². The molecule has 3 aromatic rings. The highest BCUT2D eigenvalue weighted by atomic mass is 35.5. The van der Waals surface area contributed by atoms with Crippen molar-refractivity contribution in [2.45, 2.75) is 6.42 Å². The van der Waals surface area contributed by atoms with E-state index in [4.69, 9.17) is 11.6 Å². The van der Waals surface area contributed by atoms with Gasteiger partial charge in [-0.2, -0.15) is 5.04 Å². The van der Waals surface area contributed by atoms with Crippen molar-refractivity contribution in [2.24, 2.45) is 0 Å². The highest BCUT2D eigenvalue weighted by molar-refractivity contribution is 6.30. The van der Waals surface area contributed by atoms with Crippen LogP contribution in [0.5, 0.6) is 11.5 Å². The fourth-order valence-corrected chi connectivity index (χ4v) is 2.98. The summed E-state index contributed by atoms with van der Waals surface area (Å²) in [6, 6.07) is 4.88. The van der Waals surface area contributed by atoms with E-state index in [9.17, 15) is 22.8 Å². The van der Waals surface area contributed by atoms with Crippen molar-refractivity contribution in [2.75, 3.05) is 7.11 Å². The van der Waals surface area contributed by atoms with Gasteiger partial charge in [0.1, 0.15) is 17.0 Å². The Morgan fingerprint density at radius 1 is 1.17 bits per heavy atom. The second-order valence-corrected chi connectivity index (χ2v) is 6.27. The molecule has 0 saturated heterocycles. The van der Waals surface area contributed by atoms with Gasteiger partial charge in [-0.15, -0.1) is 5.10 Å². The molecule has 3 rings (SSSR count). The van der Waals surface area contributed by atoms with Gasteiger partial charge in [-0.1, -0.05) is 22.5 Å². The molecule has 0 saturated carbocycles. The van der Waals surface area contributed by atoms with Gasteiger partial charge in [0.05, 0.1) is 12.5 Å². The topological polar surface area (TPSA) is 71.8 Å². The van der Waals surface area contributed by atoms with Crippen LogP contribution in [0, 0.1) is 5.82 Å². The second-order valence-electron chi connectivity index (χ2n) is 5.84. The quantitative estimate of drug-likeness (QED) is 0.303. The smallest absolute Gasteiger partial charge is 0.330 e. The van der Waals surface area contributed by atoms with E-state index in [0.29, 0.717) is 4.85 Å². The number of rotatable bonds is 7. The molecule has 0 amide bonds. The Balaban J connectivity index is 2.22. The van der Waals surface area contributed by atoms with Gasteiger partial charge in [-0.05, 0) is 29.8 Å². The number of esters is 1. The molecule has 1 heterocycles. The van der Waals surface area contributed by atoms with Crippen molar-refractivity contribution in [1.29, 1.82) is 0 Å². The van der Waals surface area contributed by atoms with Crippen LogP contribution in [0.15, 0.2) is 30.3 Å². The zero-order valence-electron chi connectivity index (χ0n) is 15.0. The summed E-state index contributed by atoms with van der Waals surface area (Å²) in [5, 5.41) is 7.14. The van der Waals surface area contributed by atoms with Crippen LogP contribution in [-0.4, -0.2) is 23.0 Å². The van der Waals surface area contributed by atoms with Crippen molar-refractivity contribution in [3.63, 3.8) is 0 Å². The molecule has 0 spiro atoms. The number of hydrogen-bond donors (Lipinski definition) is 0. The number of carbonyl (C=O) groups excluding carboxylic acids is 1. The third kappa shape index (κ3) is 3.96. The Bertz CT molecular complexity index is 1140. The Morgan fingerprint density at radius 2 is 1.90 bits per heavy atom. The largest absolute Gasteiger partial charge is 0.466 e. The lowest BCUT2D eigenvalue weighted by molar-refractivity contribution is -0.146. The molecular weight excluding hydrogens is 436 g/mol. The van der Waals surface area contributed by atoms with Crippen LogP contribution in [0.2, 0.25) is 5.02 Å². The molecule has 2 aromatic carbocycles. The molecule has 0 aliphatic carbocycles. The Labute approximate surface area is 170 Å². The first kappa shape index (κ1) is 21.2. The van der Waals surface area contributed by atoms with Gasteiger partial charge in [0.25, 0.3) is 0 Å². The fraction of sp³-hybridized carbons (Fsp3) is 0.111. The van der Waals surface area contributed by atoms with Gasteiger partial charge in [-0.3, -0.25) is 9.88 Å². The molecule has 0 aliphatic rings. The van der Waals surface area contributed by atoms with Gasteiger partial charge in [0.15, 0.2) is 0 Å². The van der Waals surface area contributed by atoms with E-state index in [1.54, 1.807) is 0 Å². The van der Waals surface area contributed by atoms with Gasteiger partial charge in [0, 0.05) is 36.7 Å². The first-order chi connectivity index (χ1) is 14.4. The zero-order chi connectivity index (χ0) is 21.8. The maximum absolute atomic E-state index is 14.1. The van der Waals surface area contributed by atoms with Crippen LogP contribution < -0.4 is 14.9 Å². The Hall–Kier alpha value is -3.47. The summed E-state index contributed by atoms with van der Waals surface area (Å²) < 4.78 is 58.3. The predicted molar refractivity (Wildman–Crippen MR) is 96.2 cm³/mol. The molecule has 0 aliphatic heterocycles. The molecule has 0 fully saturated rings. The van der Waals surface area contributed by atoms with Crippen molar-refractivity contribution in [3.05, 3.63) is 58.0 Å². The van der Waals surface area contributed by atoms with Gasteiger partial charge in [-0.25, -0.2) is 9.18 Å². The molecule has 1 aromatic heterocycles. The van der Waals surface area contributed by atoms with Gasteiger partial charge < -0.3 is 4.74 Å². The van der Waals surface area contributed by atoms with E-state index in [1.807, 2.05) is 0 Å². The summed E-state index contributed by atoms with van der Waals surface area (Å²) >= 11 is 5.71. The van der Waals surface area contributed by atoms with E-state index in [1.165, 1.54) is 12.1 Å². The minimum absolute atomic E-state index is 0.0555. The number of methoxy groups -OCH3 is 1. The molecule has 0 N–H and O–H groups in total. The predicted octanol–water partition coefficient (Wildman–Crippen LogP) is 4.45. The first-order valence-electron chi connectivity index (χ1n) is 8.08. The van der Waals surface area contributed by atoms with Crippen molar-refractivity contribution in [1.82, 2.24) is 9.94 Å². The molecule has 0 radical (unpaired) electrons. The standard InChI is InChI=1S/C18H11ClF4N2O5/c1-27-15(26)5-4-13-16-14(25(24-13)30-23)7-10(17(28-21)18(16)29-22)6-9-2-3-11(19)8-12(9)20/h2-5,7-8H,6H2,1H3/b5-4+. The number of nitrogens with zero attached hydrogens (tertiary/aromatic N) is 2. The summed E-state index contributed by atoms with van der Waals surface area (Å²) in [5.74, 6) is -3.08. The molecule has 0 bridgehead atoms. The second kappa shape index (κ2) is 8.91. The van der Waals surface area contributed by atoms with Crippen LogP contribution in [0.4, 0.5) is 18.0 Å². The molecule has 7 nitrogen and oxygen atoms in total. The van der Waals surface area contributed by atoms with Crippen LogP contribution >= 0.6 is 11.6 Å². The lowest BCUT2D eigenvalue weighted by atomic mass is 10.0. The van der Waals surface area contributed by atoms with Gasteiger partial charge >= 0.3 is 5.97 Å². The zero-order valence-corrected chi connectivity index (χ0v) is 15.8. The lowest BCUT2D eigenvalue weighted by Crippen LogP contribution is -2.04. The van der Waals surface area contributed by atoms with E-state index in [0.717, 1.165) is 31.4 Å². The third-order valence-corrected chi connectivity index (χ3v) is 4.38. The number of ether oxygens (including phenoxy) is 1. The SMILES string of the molecule is COC(=O)/C=C/c1nn(OF)c2cc(Cc3ccc(Cl)cc3F)c(OF)c(OF)c12. The summed E-state index contributed by atoms with van der Waals surface area (Å²) in [6.07, 6.45) is 1.63. The average Bonchev–Trinajstić information content (AvgIpc) is 3.10. The monoisotopic (exact) mass is 446 g/mol. The first-order valence-corrected chi connectivity index (χ1v) is 8.46. The molecule has 0 atom stereocenters. The Kier molecular flexibility index (Phi) is 6.31. The number of halogens is 5. The maximum Gasteiger partial charge on any atom is 0.330 e. The van der Waals surface area contributed by atoms with E-state index in [2.05, 4.69) is 24.8 Å². The third-order valence-electron chi connectivity index (χ3n) is 4.15. The highest BCUT2D eigenvalue weighted by Crippen LogP contribution is 2.42. The molecule has 30 heavy (non-hydrogen) atoms. The Morgan fingerprint density at radius 3 is 2.50 bits per heavy atom. The minimum Gasteiger partial charge on any atom is -0.466 e. The fourth-order valence-electron chi connectivity index (χ4n) is 2.82. The number of fused-ring (bicyclic) bond motifs is 1. The van der Waals surface area contributed by atoms with Crippen LogP contribution in [0.3, 0.4) is 0 Å². The van der Waals surface area contributed by atoms with E-state index < -0.39 is 23.3 Å². The molecule has 0 unspecified atom stereocenters. The maximum atomic E-state index is 14.1.